The number of carbonyl (C=O) groups excluding carboxylic acids is 1. The van der Waals surface area contributed by atoms with E-state index in [2.05, 4.69) is 0 Å². The first kappa shape index (κ1) is 11.2. The second kappa shape index (κ2) is 4.31. The van der Waals surface area contributed by atoms with Crippen molar-refractivity contribution in [3.05, 3.63) is 0 Å². The molecule has 0 aromatic rings. The van der Waals surface area contributed by atoms with Crippen LogP contribution >= 0.6 is 0 Å². The summed E-state index contributed by atoms with van der Waals surface area (Å²) in [6, 6.07) is 0.285. The highest BCUT2D eigenvalue weighted by molar-refractivity contribution is 5.77. The molecule has 1 saturated carbocycles. The number of amides is 2. The number of aliphatic carboxylic acids is 1. The number of urea groups is 1. The lowest BCUT2D eigenvalue weighted by atomic mass is 9.79. The lowest BCUT2D eigenvalue weighted by Gasteiger charge is -2.34. The quantitative estimate of drug-likeness (QED) is 0.777. The fourth-order valence-electron chi connectivity index (χ4n) is 2.50. The van der Waals surface area contributed by atoms with Crippen LogP contribution in [-0.2, 0) is 4.79 Å². The van der Waals surface area contributed by atoms with Gasteiger partial charge in [0.1, 0.15) is 0 Å². The van der Waals surface area contributed by atoms with E-state index in [9.17, 15) is 9.59 Å². The van der Waals surface area contributed by atoms with Gasteiger partial charge in [-0.1, -0.05) is 6.42 Å². The van der Waals surface area contributed by atoms with E-state index in [1.165, 1.54) is 19.3 Å². The van der Waals surface area contributed by atoms with E-state index in [-0.39, 0.29) is 12.5 Å². The Hall–Kier alpha value is -1.26. The van der Waals surface area contributed by atoms with Gasteiger partial charge in [-0.05, 0) is 18.8 Å². The Bertz CT molecular complexity index is 302. The monoisotopic (exact) mass is 226 g/mol. The van der Waals surface area contributed by atoms with Crippen LogP contribution in [0.1, 0.15) is 25.7 Å². The Labute approximate surface area is 95.0 Å². The van der Waals surface area contributed by atoms with Crippen molar-refractivity contribution in [3.63, 3.8) is 0 Å². The van der Waals surface area contributed by atoms with Gasteiger partial charge in [-0.2, -0.15) is 0 Å². The molecule has 1 N–H and O–H groups in total. The van der Waals surface area contributed by atoms with Gasteiger partial charge >= 0.3 is 12.0 Å². The minimum atomic E-state index is -0.845. The average molecular weight is 226 g/mol. The third-order valence-corrected chi connectivity index (χ3v) is 3.77. The third-order valence-electron chi connectivity index (χ3n) is 3.77. The molecule has 1 saturated heterocycles. The lowest BCUT2D eigenvalue weighted by molar-refractivity contribution is -0.137. The first-order valence-corrected chi connectivity index (χ1v) is 5.83. The Morgan fingerprint density at radius 2 is 2.19 bits per heavy atom. The predicted molar refractivity (Wildman–Crippen MR) is 58.1 cm³/mol. The van der Waals surface area contributed by atoms with E-state index < -0.39 is 5.97 Å². The maximum Gasteiger partial charge on any atom is 0.320 e. The summed E-state index contributed by atoms with van der Waals surface area (Å²) in [7, 11) is 1.83. The van der Waals surface area contributed by atoms with Gasteiger partial charge in [0.25, 0.3) is 0 Å². The molecular weight excluding hydrogens is 208 g/mol. The second-order valence-electron chi connectivity index (χ2n) is 4.74. The molecule has 5 nitrogen and oxygen atoms in total. The zero-order valence-corrected chi connectivity index (χ0v) is 9.56. The standard InChI is InChI=1S/C11H18N2O3/c1-12-9(8-3-2-4-8)7-13(11(12)16)6-5-10(14)15/h8-9H,2-7H2,1H3,(H,14,15). The summed E-state index contributed by atoms with van der Waals surface area (Å²) >= 11 is 0. The molecule has 1 unspecified atom stereocenters. The summed E-state index contributed by atoms with van der Waals surface area (Å²) in [5, 5.41) is 8.61. The van der Waals surface area contributed by atoms with Crippen LogP contribution in [0.3, 0.4) is 0 Å². The molecule has 0 spiro atoms. The van der Waals surface area contributed by atoms with Gasteiger partial charge in [-0.3, -0.25) is 4.79 Å². The van der Waals surface area contributed by atoms with Crippen LogP contribution in [0.2, 0.25) is 0 Å². The number of nitrogens with zero attached hydrogens (tertiary/aromatic N) is 2. The Balaban J connectivity index is 1.91. The summed E-state index contributed by atoms with van der Waals surface area (Å²) < 4.78 is 0. The van der Waals surface area contributed by atoms with Crippen molar-refractivity contribution in [1.29, 1.82) is 0 Å². The highest BCUT2D eigenvalue weighted by Gasteiger charge is 2.40. The van der Waals surface area contributed by atoms with E-state index >= 15 is 0 Å². The Morgan fingerprint density at radius 3 is 2.69 bits per heavy atom. The summed E-state index contributed by atoms with van der Waals surface area (Å²) in [6.07, 6.45) is 3.71. The first-order chi connectivity index (χ1) is 7.59. The lowest BCUT2D eigenvalue weighted by Crippen LogP contribution is -2.39. The molecule has 1 aliphatic carbocycles. The molecule has 1 heterocycles. The molecule has 2 amide bonds. The summed E-state index contributed by atoms with van der Waals surface area (Å²) in [5.74, 6) is -0.216. The summed E-state index contributed by atoms with van der Waals surface area (Å²) in [4.78, 5) is 25.8. The normalized spacial score (nSPS) is 26.1. The van der Waals surface area contributed by atoms with Crippen molar-refractivity contribution in [2.45, 2.75) is 31.7 Å². The first-order valence-electron chi connectivity index (χ1n) is 5.83. The minimum absolute atomic E-state index is 0.0156. The third kappa shape index (κ3) is 1.99. The van der Waals surface area contributed by atoms with E-state index in [0.717, 1.165) is 0 Å². The zero-order valence-electron chi connectivity index (χ0n) is 9.56. The Morgan fingerprint density at radius 1 is 1.50 bits per heavy atom. The van der Waals surface area contributed by atoms with Crippen LogP contribution in [0.5, 0.6) is 0 Å². The molecule has 2 fully saturated rings. The van der Waals surface area contributed by atoms with Crippen LogP contribution < -0.4 is 0 Å². The van der Waals surface area contributed by atoms with Crippen LogP contribution in [-0.4, -0.2) is 53.1 Å². The largest absolute Gasteiger partial charge is 0.481 e. The molecule has 2 aliphatic rings. The molecule has 0 bridgehead atoms. The number of carboxylic acids is 1. The maximum absolute atomic E-state index is 11.8. The number of hydrogen-bond donors (Lipinski definition) is 1. The SMILES string of the molecule is CN1C(=O)N(CCC(=O)O)CC1C1CCC1. The van der Waals surface area contributed by atoms with E-state index in [1.807, 2.05) is 7.05 Å². The fourth-order valence-corrected chi connectivity index (χ4v) is 2.50. The number of carbonyl (C=O) groups is 2. The summed E-state index contributed by atoms with van der Waals surface area (Å²) in [6.45, 7) is 1.04. The van der Waals surface area contributed by atoms with Crippen LogP contribution in [0.25, 0.3) is 0 Å². The molecular formula is C11H18N2O3. The predicted octanol–water partition coefficient (Wildman–Crippen LogP) is 0.997. The van der Waals surface area contributed by atoms with Crippen LogP contribution in [0, 0.1) is 5.92 Å². The van der Waals surface area contributed by atoms with Gasteiger partial charge < -0.3 is 14.9 Å². The topological polar surface area (TPSA) is 60.9 Å². The van der Waals surface area contributed by atoms with Crippen LogP contribution in [0.4, 0.5) is 4.79 Å². The van der Waals surface area contributed by atoms with Crippen molar-refractivity contribution in [3.8, 4) is 0 Å². The summed E-state index contributed by atoms with van der Waals surface area (Å²) in [5.41, 5.74) is 0. The zero-order chi connectivity index (χ0) is 11.7. The smallest absolute Gasteiger partial charge is 0.320 e. The van der Waals surface area contributed by atoms with Gasteiger partial charge in [-0.15, -0.1) is 0 Å². The van der Waals surface area contributed by atoms with E-state index in [0.29, 0.717) is 25.0 Å². The molecule has 0 aromatic heterocycles. The number of likely N-dealkylation sites (N-methyl/N-ethyl adjacent to an activating group) is 1. The number of carboxylic acid groups (broad SMARTS) is 1. The van der Waals surface area contributed by atoms with Gasteiger partial charge in [0.05, 0.1) is 12.5 Å². The maximum atomic E-state index is 11.8. The van der Waals surface area contributed by atoms with Crippen molar-refractivity contribution >= 4 is 12.0 Å². The molecule has 90 valence electrons. The fraction of sp³-hybridized carbons (Fsp3) is 0.818. The van der Waals surface area contributed by atoms with Gasteiger partial charge in [0.2, 0.25) is 0 Å². The molecule has 0 aromatic carbocycles. The van der Waals surface area contributed by atoms with E-state index in [1.54, 1.807) is 9.80 Å². The highest BCUT2D eigenvalue weighted by atomic mass is 16.4. The molecule has 5 heteroatoms. The van der Waals surface area contributed by atoms with Crippen molar-refractivity contribution < 1.29 is 14.7 Å². The van der Waals surface area contributed by atoms with Gasteiger partial charge in [0, 0.05) is 20.1 Å². The van der Waals surface area contributed by atoms with E-state index in [4.69, 9.17) is 5.11 Å². The minimum Gasteiger partial charge on any atom is -0.481 e. The second-order valence-corrected chi connectivity index (χ2v) is 4.74. The highest BCUT2D eigenvalue weighted by Crippen LogP contribution is 2.34. The van der Waals surface area contributed by atoms with Gasteiger partial charge in [0.15, 0.2) is 0 Å². The number of hydrogen-bond acceptors (Lipinski definition) is 2. The molecule has 16 heavy (non-hydrogen) atoms. The van der Waals surface area contributed by atoms with Crippen LogP contribution in [0.15, 0.2) is 0 Å². The average Bonchev–Trinajstić information content (AvgIpc) is 2.41. The Kier molecular flexibility index (Phi) is 3.03. The van der Waals surface area contributed by atoms with Gasteiger partial charge in [-0.25, -0.2) is 4.79 Å². The van der Waals surface area contributed by atoms with Crippen molar-refractivity contribution in [1.82, 2.24) is 9.80 Å². The molecule has 0 radical (unpaired) electrons. The molecule has 2 rings (SSSR count). The van der Waals surface area contributed by atoms with Crippen molar-refractivity contribution in [2.24, 2.45) is 5.92 Å². The molecule has 1 aliphatic heterocycles. The molecule has 1 atom stereocenters. The van der Waals surface area contributed by atoms with Crippen molar-refractivity contribution in [2.75, 3.05) is 20.1 Å². The number of rotatable bonds is 4.